The second-order valence-electron chi connectivity index (χ2n) is 6.62. The number of halogens is 2. The van der Waals surface area contributed by atoms with Crippen molar-refractivity contribution in [1.29, 1.82) is 0 Å². The Kier molecular flexibility index (Phi) is 4.24. The molecule has 8 heteroatoms. The molecule has 4 rings (SSSR count). The van der Waals surface area contributed by atoms with E-state index in [2.05, 4.69) is 26.3 Å². The predicted molar refractivity (Wildman–Crippen MR) is 88.3 cm³/mol. The van der Waals surface area contributed by atoms with E-state index in [1.807, 2.05) is 17.3 Å². The minimum Gasteiger partial charge on any atom is -0.346 e. The average Bonchev–Trinajstić information content (AvgIpc) is 3.21. The van der Waals surface area contributed by atoms with Crippen molar-refractivity contribution in [2.75, 3.05) is 13.1 Å². The van der Waals surface area contributed by atoms with E-state index in [0.717, 1.165) is 42.8 Å². The molecule has 24 heavy (non-hydrogen) atoms. The summed E-state index contributed by atoms with van der Waals surface area (Å²) < 4.78 is 24.4. The van der Waals surface area contributed by atoms with E-state index in [1.165, 1.54) is 5.70 Å². The first-order chi connectivity index (χ1) is 11.7. The molecule has 2 aliphatic heterocycles. The van der Waals surface area contributed by atoms with Crippen LogP contribution in [-0.4, -0.2) is 35.8 Å². The number of aromatic amines is 1. The minimum atomic E-state index is -2.27. The number of hydrogen-bond acceptors (Lipinski definition) is 5. The summed E-state index contributed by atoms with van der Waals surface area (Å²) in [5, 5.41) is 4.79. The van der Waals surface area contributed by atoms with Gasteiger partial charge in [0.15, 0.2) is 0 Å². The van der Waals surface area contributed by atoms with E-state index >= 15 is 0 Å². The Morgan fingerprint density at radius 3 is 2.92 bits per heavy atom. The average molecular weight is 336 g/mol. The number of aliphatic imine (C=N–C) groups is 1. The Morgan fingerprint density at radius 1 is 1.29 bits per heavy atom. The molecule has 0 amide bonds. The van der Waals surface area contributed by atoms with Crippen LogP contribution in [0.1, 0.15) is 31.2 Å². The van der Waals surface area contributed by atoms with E-state index in [4.69, 9.17) is 0 Å². The van der Waals surface area contributed by atoms with E-state index in [1.54, 1.807) is 6.34 Å². The van der Waals surface area contributed by atoms with Crippen LogP contribution in [0, 0.1) is 11.8 Å². The molecule has 0 radical (unpaired) electrons. The number of nitrogens with one attached hydrogen (secondary N) is 4. The van der Waals surface area contributed by atoms with Crippen molar-refractivity contribution in [1.82, 2.24) is 26.3 Å². The molecule has 4 N–H and O–H groups in total. The van der Waals surface area contributed by atoms with Gasteiger partial charge in [0.25, 0.3) is 6.43 Å². The van der Waals surface area contributed by atoms with Crippen molar-refractivity contribution in [2.45, 2.75) is 32.1 Å². The summed E-state index contributed by atoms with van der Waals surface area (Å²) >= 11 is 0. The normalized spacial score (nSPS) is 25.9. The summed E-state index contributed by atoms with van der Waals surface area (Å²) in [6.45, 7) is 0.487. The molecule has 1 aromatic rings. The molecule has 1 saturated carbocycles. The number of nitrogens with zero attached hydrogens (tertiary/aromatic N) is 2. The highest BCUT2D eigenvalue weighted by molar-refractivity contribution is 5.87. The Labute approximate surface area is 139 Å². The molecular formula is C16H22F2N6. The maximum atomic E-state index is 12.2. The van der Waals surface area contributed by atoms with Gasteiger partial charge in [0.2, 0.25) is 0 Å². The number of hydrazine groups is 2. The molecule has 3 heterocycles. The first-order valence-electron chi connectivity index (χ1n) is 8.48. The third-order valence-electron chi connectivity index (χ3n) is 5.08. The summed E-state index contributed by atoms with van der Waals surface area (Å²) in [5.74, 6) is 1.83. The fourth-order valence-corrected chi connectivity index (χ4v) is 3.85. The second kappa shape index (κ2) is 6.52. The van der Waals surface area contributed by atoms with Crippen molar-refractivity contribution < 1.29 is 8.78 Å². The highest BCUT2D eigenvalue weighted by atomic mass is 19.3. The van der Waals surface area contributed by atoms with Gasteiger partial charge in [0, 0.05) is 17.7 Å². The van der Waals surface area contributed by atoms with E-state index in [-0.39, 0.29) is 6.54 Å². The van der Waals surface area contributed by atoms with Crippen molar-refractivity contribution in [3.05, 3.63) is 23.5 Å². The van der Waals surface area contributed by atoms with E-state index < -0.39 is 6.43 Å². The standard InChI is InChI=1S/C16H22F2N6/c17-13(18)8-19-7-10-1-3-11(4-2-10)14-15-12-5-6-20-16(12)21-9-24(15)23-22-14/h5-6,9-11,13,19-20,22-23H,1-4,7-8H2. The lowest BCUT2D eigenvalue weighted by atomic mass is 9.79. The zero-order valence-corrected chi connectivity index (χ0v) is 13.4. The van der Waals surface area contributed by atoms with Gasteiger partial charge in [0.1, 0.15) is 12.2 Å². The highest BCUT2D eigenvalue weighted by Crippen LogP contribution is 2.40. The van der Waals surface area contributed by atoms with E-state index in [0.29, 0.717) is 18.4 Å². The van der Waals surface area contributed by atoms with Gasteiger partial charge in [-0.1, -0.05) is 0 Å². The monoisotopic (exact) mass is 336 g/mol. The summed E-state index contributed by atoms with van der Waals surface area (Å²) in [4.78, 5) is 7.52. The second-order valence-corrected chi connectivity index (χ2v) is 6.62. The SMILES string of the molecule is FC(F)CNCC1CCC(C2=C3c4cc[nH]c4N=CN3NN2)CC1. The van der Waals surface area contributed by atoms with Crippen LogP contribution < -0.4 is 16.3 Å². The quantitative estimate of drug-likeness (QED) is 0.666. The Morgan fingerprint density at radius 2 is 2.12 bits per heavy atom. The molecule has 6 nitrogen and oxygen atoms in total. The first kappa shape index (κ1) is 15.6. The molecule has 3 aliphatic rings. The number of fused-ring (bicyclic) bond motifs is 3. The molecule has 0 spiro atoms. The van der Waals surface area contributed by atoms with Gasteiger partial charge in [-0.3, -0.25) is 0 Å². The molecule has 1 aliphatic carbocycles. The van der Waals surface area contributed by atoms with Gasteiger partial charge in [-0.05, 0) is 44.2 Å². The van der Waals surface area contributed by atoms with Gasteiger partial charge in [-0.2, -0.15) is 0 Å². The van der Waals surface area contributed by atoms with Crippen molar-refractivity contribution in [3.63, 3.8) is 0 Å². The minimum absolute atomic E-state index is 0.203. The molecule has 0 aromatic carbocycles. The lowest BCUT2D eigenvalue weighted by Crippen LogP contribution is -2.38. The zero-order valence-electron chi connectivity index (χ0n) is 13.4. The molecule has 1 fully saturated rings. The van der Waals surface area contributed by atoms with Gasteiger partial charge in [-0.15, -0.1) is 5.53 Å². The maximum Gasteiger partial charge on any atom is 0.250 e. The highest BCUT2D eigenvalue weighted by Gasteiger charge is 2.33. The van der Waals surface area contributed by atoms with Gasteiger partial charge < -0.3 is 15.7 Å². The smallest absolute Gasteiger partial charge is 0.250 e. The third-order valence-corrected chi connectivity index (χ3v) is 5.08. The van der Waals surface area contributed by atoms with Crippen LogP contribution >= 0.6 is 0 Å². The summed E-state index contributed by atoms with van der Waals surface area (Å²) in [5.41, 5.74) is 9.90. The van der Waals surface area contributed by atoms with Gasteiger partial charge >= 0.3 is 0 Å². The molecule has 0 bridgehead atoms. The van der Waals surface area contributed by atoms with Crippen LogP contribution in [0.25, 0.3) is 5.70 Å². The number of hydrogen-bond donors (Lipinski definition) is 4. The van der Waals surface area contributed by atoms with Crippen LogP contribution in [-0.2, 0) is 0 Å². The van der Waals surface area contributed by atoms with Crippen molar-refractivity contribution >= 4 is 17.9 Å². The molecule has 130 valence electrons. The van der Waals surface area contributed by atoms with Crippen LogP contribution in [0.4, 0.5) is 14.6 Å². The van der Waals surface area contributed by atoms with Gasteiger partial charge in [-0.25, -0.2) is 18.8 Å². The number of aromatic nitrogens is 1. The zero-order chi connectivity index (χ0) is 16.5. The molecular weight excluding hydrogens is 314 g/mol. The van der Waals surface area contributed by atoms with E-state index in [9.17, 15) is 8.78 Å². The Hall–Kier alpha value is -1.93. The van der Waals surface area contributed by atoms with Crippen LogP contribution in [0.5, 0.6) is 0 Å². The van der Waals surface area contributed by atoms with Crippen LogP contribution in [0.3, 0.4) is 0 Å². The number of allylic oxidation sites excluding steroid dienone is 1. The maximum absolute atomic E-state index is 12.2. The molecule has 0 saturated heterocycles. The predicted octanol–water partition coefficient (Wildman–Crippen LogP) is 2.34. The Balaban J connectivity index is 1.41. The summed E-state index contributed by atoms with van der Waals surface area (Å²) in [6, 6.07) is 2.04. The van der Waals surface area contributed by atoms with Crippen molar-refractivity contribution in [2.24, 2.45) is 16.8 Å². The molecule has 0 atom stereocenters. The van der Waals surface area contributed by atoms with Crippen LogP contribution in [0.15, 0.2) is 23.0 Å². The lowest BCUT2D eigenvalue weighted by molar-refractivity contribution is 0.142. The lowest BCUT2D eigenvalue weighted by Gasteiger charge is -2.29. The topological polar surface area (TPSA) is 67.5 Å². The number of alkyl halides is 2. The third kappa shape index (κ3) is 2.91. The fourth-order valence-electron chi connectivity index (χ4n) is 3.85. The summed E-state index contributed by atoms with van der Waals surface area (Å²) in [7, 11) is 0. The molecule has 1 aromatic heterocycles. The number of H-pyrrole nitrogens is 1. The Bertz CT molecular complexity index is 645. The molecule has 0 unspecified atom stereocenters. The largest absolute Gasteiger partial charge is 0.346 e. The fraction of sp³-hybridized carbons (Fsp3) is 0.562. The first-order valence-corrected chi connectivity index (χ1v) is 8.48. The van der Waals surface area contributed by atoms with Crippen molar-refractivity contribution in [3.8, 4) is 0 Å². The van der Waals surface area contributed by atoms with Gasteiger partial charge in [0.05, 0.1) is 17.9 Å². The number of rotatable bonds is 5. The summed E-state index contributed by atoms with van der Waals surface area (Å²) in [6.07, 6.45) is 5.67. The van der Waals surface area contributed by atoms with Crippen LogP contribution in [0.2, 0.25) is 0 Å².